The minimum atomic E-state index is -4.43. The highest BCUT2D eigenvalue weighted by atomic mass is 32.1. The van der Waals surface area contributed by atoms with Crippen molar-refractivity contribution in [3.05, 3.63) is 46.2 Å². The number of hydrogen-bond donors (Lipinski definition) is 1. The number of halogens is 3. The number of aromatic carboxylic acids is 1. The van der Waals surface area contributed by atoms with Gasteiger partial charge in [0.25, 0.3) is 0 Å². The number of hydrogen-bond acceptors (Lipinski definition) is 3. The number of carboxylic acids is 1. The van der Waals surface area contributed by atoms with Crippen LogP contribution in [0.1, 0.15) is 15.4 Å². The van der Waals surface area contributed by atoms with E-state index in [9.17, 15) is 23.2 Å². The molecule has 0 amide bonds. The predicted molar refractivity (Wildman–Crippen MR) is 60.7 cm³/mol. The number of alkyl halides is 3. The Morgan fingerprint density at radius 3 is 2.42 bits per heavy atom. The van der Waals surface area contributed by atoms with Crippen molar-refractivity contribution in [1.82, 2.24) is 0 Å². The van der Waals surface area contributed by atoms with Gasteiger partial charge in [0.05, 0.1) is 5.56 Å². The van der Waals surface area contributed by atoms with Crippen molar-refractivity contribution in [1.29, 1.82) is 0 Å². The molecule has 0 spiro atoms. The van der Waals surface area contributed by atoms with Crippen LogP contribution in [0.4, 0.5) is 13.2 Å². The second-order valence-electron chi connectivity index (χ2n) is 3.60. The first-order valence-corrected chi connectivity index (χ1v) is 5.74. The predicted octanol–water partition coefficient (Wildman–Crippen LogP) is 2.77. The zero-order valence-electron chi connectivity index (χ0n) is 9.14. The Morgan fingerprint density at radius 1 is 1.26 bits per heavy atom. The van der Waals surface area contributed by atoms with Crippen LogP contribution in [0, 0.1) is 5.21 Å². The van der Waals surface area contributed by atoms with Gasteiger partial charge >= 0.3 is 17.8 Å². The Kier molecular flexibility index (Phi) is 3.19. The van der Waals surface area contributed by atoms with Crippen LogP contribution in [0.15, 0.2) is 30.5 Å². The van der Waals surface area contributed by atoms with Crippen molar-refractivity contribution in [2.24, 2.45) is 0 Å². The molecule has 2 aromatic heterocycles. The fourth-order valence-electron chi connectivity index (χ4n) is 1.44. The van der Waals surface area contributed by atoms with Crippen LogP contribution in [0.5, 0.6) is 0 Å². The topological polar surface area (TPSA) is 64.2 Å². The van der Waals surface area contributed by atoms with Gasteiger partial charge < -0.3 is 10.3 Å². The summed E-state index contributed by atoms with van der Waals surface area (Å²) in [5.41, 5.74) is -0.253. The van der Waals surface area contributed by atoms with Crippen LogP contribution in [0.3, 0.4) is 0 Å². The van der Waals surface area contributed by atoms with Gasteiger partial charge in [-0.1, -0.05) is 0 Å². The Labute approximate surface area is 108 Å². The first-order valence-electron chi connectivity index (χ1n) is 4.93. The van der Waals surface area contributed by atoms with Gasteiger partial charge in [0.2, 0.25) is 0 Å². The molecule has 0 saturated heterocycles. The molecule has 0 aliphatic heterocycles. The molecule has 0 aromatic carbocycles. The summed E-state index contributed by atoms with van der Waals surface area (Å²) in [5, 5.41) is 20.0. The van der Waals surface area contributed by atoms with Crippen molar-refractivity contribution in [3.8, 4) is 10.4 Å². The lowest BCUT2D eigenvalue weighted by Crippen LogP contribution is -2.34. The minimum Gasteiger partial charge on any atom is -0.618 e. The van der Waals surface area contributed by atoms with Crippen LogP contribution in [0.25, 0.3) is 10.4 Å². The highest BCUT2D eigenvalue weighted by Crippen LogP contribution is 2.38. The Bertz CT molecular complexity index is 636. The number of aromatic nitrogens is 1. The molecular formula is C11H6F3NO3S. The van der Waals surface area contributed by atoms with Gasteiger partial charge in [-0.05, 0) is 18.2 Å². The molecule has 0 saturated carbocycles. The molecule has 2 aromatic rings. The van der Waals surface area contributed by atoms with Crippen molar-refractivity contribution in [3.63, 3.8) is 0 Å². The lowest BCUT2D eigenvalue weighted by molar-refractivity contribution is -0.607. The van der Waals surface area contributed by atoms with Crippen molar-refractivity contribution in [2.75, 3.05) is 0 Å². The maximum Gasteiger partial charge on any atom is 0.425 e. The molecule has 0 radical (unpaired) electrons. The Hall–Kier alpha value is -2.09. The van der Waals surface area contributed by atoms with Crippen LogP contribution >= 0.6 is 11.3 Å². The summed E-state index contributed by atoms with van der Waals surface area (Å²) in [5.74, 6) is -1.40. The number of pyridine rings is 1. The van der Waals surface area contributed by atoms with E-state index in [1.807, 2.05) is 0 Å². The van der Waals surface area contributed by atoms with Crippen LogP contribution in [-0.4, -0.2) is 11.1 Å². The van der Waals surface area contributed by atoms with E-state index in [0.29, 0.717) is 11.3 Å². The molecule has 8 heteroatoms. The average Bonchev–Trinajstić information content (AvgIpc) is 2.76. The van der Waals surface area contributed by atoms with Gasteiger partial charge in [-0.15, -0.1) is 11.3 Å². The van der Waals surface area contributed by atoms with E-state index >= 15 is 0 Å². The zero-order valence-corrected chi connectivity index (χ0v) is 9.96. The van der Waals surface area contributed by atoms with E-state index < -0.39 is 22.7 Å². The van der Waals surface area contributed by atoms with E-state index in [-0.39, 0.29) is 15.2 Å². The van der Waals surface area contributed by atoms with Gasteiger partial charge in [0, 0.05) is 10.9 Å². The largest absolute Gasteiger partial charge is 0.618 e. The molecule has 0 bridgehead atoms. The average molecular weight is 289 g/mol. The fraction of sp³-hybridized carbons (Fsp3) is 0.0909. The molecule has 2 heterocycles. The molecule has 0 atom stereocenters. The van der Waals surface area contributed by atoms with Gasteiger partial charge in [0.1, 0.15) is 4.88 Å². The fourth-order valence-corrected chi connectivity index (χ4v) is 2.30. The van der Waals surface area contributed by atoms with Gasteiger partial charge in [-0.2, -0.15) is 17.9 Å². The van der Waals surface area contributed by atoms with Crippen molar-refractivity contribution >= 4 is 17.3 Å². The molecule has 2 rings (SSSR count). The lowest BCUT2D eigenvalue weighted by Gasteiger charge is -2.03. The molecule has 0 fully saturated rings. The van der Waals surface area contributed by atoms with E-state index in [2.05, 4.69) is 0 Å². The lowest BCUT2D eigenvalue weighted by atomic mass is 10.2. The van der Waals surface area contributed by atoms with E-state index in [0.717, 1.165) is 18.3 Å². The zero-order chi connectivity index (χ0) is 14.2. The van der Waals surface area contributed by atoms with Crippen molar-refractivity contribution in [2.45, 2.75) is 6.18 Å². The number of thiophene rings is 1. The van der Waals surface area contributed by atoms with E-state index in [1.165, 1.54) is 12.1 Å². The summed E-state index contributed by atoms with van der Waals surface area (Å²) in [7, 11) is 0. The van der Waals surface area contributed by atoms with Crippen LogP contribution < -0.4 is 4.73 Å². The molecule has 1 N–H and O–H groups in total. The van der Waals surface area contributed by atoms with E-state index in [4.69, 9.17) is 5.11 Å². The Morgan fingerprint density at radius 2 is 1.95 bits per heavy atom. The summed E-state index contributed by atoms with van der Waals surface area (Å²) in [6, 6.07) is 4.50. The first kappa shape index (κ1) is 13.3. The smallest absolute Gasteiger partial charge is 0.425 e. The second-order valence-corrected chi connectivity index (χ2v) is 4.68. The first-order chi connectivity index (χ1) is 8.79. The number of nitrogens with zero attached hydrogens (tertiary/aromatic N) is 1. The summed E-state index contributed by atoms with van der Waals surface area (Å²) >= 11 is 0.491. The molecule has 0 aliphatic rings. The third kappa shape index (κ3) is 2.68. The number of carboxylic acid groups (broad SMARTS) is 1. The third-order valence-corrected chi connectivity index (χ3v) is 3.48. The summed E-state index contributed by atoms with van der Waals surface area (Å²) in [4.78, 5) is 10.1. The number of carbonyl (C=O) groups is 1. The van der Waals surface area contributed by atoms with Gasteiger partial charge in [-0.25, -0.2) is 4.79 Å². The summed E-state index contributed by atoms with van der Waals surface area (Å²) in [6.07, 6.45) is -3.49. The van der Waals surface area contributed by atoms with Crippen LogP contribution in [0.2, 0.25) is 0 Å². The van der Waals surface area contributed by atoms with Crippen LogP contribution in [-0.2, 0) is 6.18 Å². The molecule has 19 heavy (non-hydrogen) atoms. The molecule has 4 nitrogen and oxygen atoms in total. The highest BCUT2D eigenvalue weighted by Gasteiger charge is 2.32. The standard InChI is InChI=1S/C11H6F3NO3S/c12-11(13,14)9-4-3-8(19-9)6-1-2-7(10(16)17)15(18)5-6/h1-5H,(H,16,17). The molecular weight excluding hydrogens is 283 g/mol. The normalized spacial score (nSPS) is 11.5. The maximum atomic E-state index is 12.4. The molecule has 0 unspecified atom stereocenters. The summed E-state index contributed by atoms with van der Waals surface area (Å²) in [6.45, 7) is 0. The SMILES string of the molecule is O=C(O)c1ccc(-c2ccc(C(F)(F)F)s2)c[n+]1[O-]. The quantitative estimate of drug-likeness (QED) is 0.683. The van der Waals surface area contributed by atoms with E-state index in [1.54, 1.807) is 0 Å². The third-order valence-electron chi connectivity index (χ3n) is 2.30. The van der Waals surface area contributed by atoms with Crippen molar-refractivity contribution < 1.29 is 27.8 Å². The van der Waals surface area contributed by atoms with Gasteiger partial charge in [0.15, 0.2) is 6.20 Å². The number of rotatable bonds is 2. The minimum absolute atomic E-state index is 0.116. The molecule has 100 valence electrons. The van der Waals surface area contributed by atoms with Gasteiger partial charge in [-0.3, -0.25) is 0 Å². The highest BCUT2D eigenvalue weighted by molar-refractivity contribution is 7.15. The maximum absolute atomic E-state index is 12.4. The monoisotopic (exact) mass is 289 g/mol. The Balaban J connectivity index is 2.40. The summed E-state index contributed by atoms with van der Waals surface area (Å²) < 4.78 is 37.4. The second kappa shape index (κ2) is 4.54. The molecule has 0 aliphatic carbocycles.